The summed E-state index contributed by atoms with van der Waals surface area (Å²) in [6, 6.07) is 5.25. The minimum atomic E-state index is -0.485. The van der Waals surface area contributed by atoms with Gasteiger partial charge in [0.25, 0.3) is 0 Å². The van der Waals surface area contributed by atoms with E-state index in [9.17, 15) is 0 Å². The maximum Gasteiger partial charge on any atom is 0.248 e. The molecule has 140 valence electrons. The molecule has 1 unspecified atom stereocenters. The Morgan fingerprint density at radius 1 is 1.15 bits per heavy atom. The monoisotopic (exact) mass is 396 g/mol. The summed E-state index contributed by atoms with van der Waals surface area (Å²) in [6.45, 7) is 2.83. The number of hydrogen-bond acceptors (Lipinski definition) is 6. The fourth-order valence-electron chi connectivity index (χ4n) is 3.82. The number of aromatic nitrogens is 2. The van der Waals surface area contributed by atoms with Crippen LogP contribution in [-0.2, 0) is 10.3 Å². The maximum absolute atomic E-state index is 6.50. The van der Waals surface area contributed by atoms with E-state index in [4.69, 9.17) is 43.2 Å². The van der Waals surface area contributed by atoms with Crippen LogP contribution < -0.4 is 5.73 Å². The number of rotatable bonds is 4. The zero-order valence-electron chi connectivity index (χ0n) is 14.5. The topological polar surface area (TPSA) is 77.4 Å². The van der Waals surface area contributed by atoms with Crippen molar-refractivity contribution in [2.45, 2.75) is 37.3 Å². The molecule has 26 heavy (non-hydrogen) atoms. The van der Waals surface area contributed by atoms with Crippen molar-refractivity contribution < 1.29 is 9.26 Å². The van der Waals surface area contributed by atoms with Crippen molar-refractivity contribution >= 4 is 23.2 Å². The number of benzene rings is 1. The molecule has 0 spiro atoms. The fourth-order valence-corrected chi connectivity index (χ4v) is 4.33. The van der Waals surface area contributed by atoms with Crippen LogP contribution in [0, 0.1) is 0 Å². The minimum absolute atomic E-state index is 0.241. The van der Waals surface area contributed by atoms with E-state index in [-0.39, 0.29) is 6.04 Å². The van der Waals surface area contributed by atoms with Crippen molar-refractivity contribution in [3.05, 3.63) is 45.5 Å². The molecule has 4 rings (SSSR count). The van der Waals surface area contributed by atoms with Gasteiger partial charge in [0.15, 0.2) is 5.82 Å². The molecule has 2 N–H and O–H groups in total. The van der Waals surface area contributed by atoms with Crippen molar-refractivity contribution in [1.29, 1.82) is 0 Å². The summed E-state index contributed by atoms with van der Waals surface area (Å²) in [6.07, 6.45) is 3.96. The molecule has 2 heterocycles. The molecule has 0 amide bonds. The van der Waals surface area contributed by atoms with Crippen LogP contribution in [0.1, 0.15) is 49.0 Å². The van der Waals surface area contributed by atoms with Crippen LogP contribution in [0.4, 0.5) is 0 Å². The van der Waals surface area contributed by atoms with Crippen LogP contribution in [0.15, 0.2) is 22.7 Å². The van der Waals surface area contributed by atoms with Gasteiger partial charge in [0, 0.05) is 23.1 Å². The molecular formula is C18H22Cl2N4O2. The van der Waals surface area contributed by atoms with Gasteiger partial charge < -0.3 is 15.0 Å². The highest BCUT2D eigenvalue weighted by Crippen LogP contribution is 2.38. The molecule has 1 aromatic carbocycles. The maximum atomic E-state index is 6.50. The summed E-state index contributed by atoms with van der Waals surface area (Å²) in [5.41, 5.74) is 6.91. The lowest BCUT2D eigenvalue weighted by Crippen LogP contribution is -2.40. The van der Waals surface area contributed by atoms with Gasteiger partial charge >= 0.3 is 0 Å². The van der Waals surface area contributed by atoms with Gasteiger partial charge in [-0.05, 0) is 30.5 Å². The van der Waals surface area contributed by atoms with E-state index < -0.39 is 5.54 Å². The average Bonchev–Trinajstić information content (AvgIpc) is 3.29. The Kier molecular flexibility index (Phi) is 5.21. The highest BCUT2D eigenvalue weighted by molar-refractivity contribution is 6.35. The molecule has 0 bridgehead atoms. The van der Waals surface area contributed by atoms with Gasteiger partial charge in [-0.15, -0.1) is 0 Å². The first kappa shape index (κ1) is 18.2. The number of morpholine rings is 1. The Morgan fingerprint density at radius 3 is 2.58 bits per heavy atom. The number of nitrogens with zero attached hydrogens (tertiary/aromatic N) is 3. The number of ether oxygens (including phenoxy) is 1. The minimum Gasteiger partial charge on any atom is -0.379 e. The molecule has 2 fully saturated rings. The Hall–Kier alpha value is -1.18. The lowest BCUT2D eigenvalue weighted by molar-refractivity contribution is 0.0181. The predicted molar refractivity (Wildman–Crippen MR) is 99.3 cm³/mol. The fraction of sp³-hybridized carbons (Fsp3) is 0.556. The summed E-state index contributed by atoms with van der Waals surface area (Å²) in [7, 11) is 0. The van der Waals surface area contributed by atoms with E-state index in [1.54, 1.807) is 6.07 Å². The smallest absolute Gasteiger partial charge is 0.248 e. The van der Waals surface area contributed by atoms with Crippen LogP contribution in [0.25, 0.3) is 0 Å². The zero-order valence-corrected chi connectivity index (χ0v) is 16.0. The molecule has 2 aromatic rings. The summed E-state index contributed by atoms with van der Waals surface area (Å²) in [4.78, 5) is 6.95. The molecule has 1 saturated heterocycles. The molecule has 1 atom stereocenters. The average molecular weight is 397 g/mol. The van der Waals surface area contributed by atoms with Crippen molar-refractivity contribution in [2.24, 2.45) is 5.73 Å². The van der Waals surface area contributed by atoms with Crippen molar-refractivity contribution in [1.82, 2.24) is 15.0 Å². The Bertz CT molecular complexity index is 770. The Morgan fingerprint density at radius 2 is 1.88 bits per heavy atom. The van der Waals surface area contributed by atoms with Gasteiger partial charge in [0.05, 0.1) is 18.8 Å². The first-order chi connectivity index (χ1) is 12.6. The van der Waals surface area contributed by atoms with Gasteiger partial charge in [-0.2, -0.15) is 4.98 Å². The van der Waals surface area contributed by atoms with Gasteiger partial charge in [-0.25, -0.2) is 0 Å². The highest BCUT2D eigenvalue weighted by atomic mass is 35.5. The summed E-state index contributed by atoms with van der Waals surface area (Å²) in [5.74, 6) is 1.11. The first-order valence-electron chi connectivity index (χ1n) is 8.96. The highest BCUT2D eigenvalue weighted by Gasteiger charge is 2.38. The van der Waals surface area contributed by atoms with Crippen LogP contribution in [0.2, 0.25) is 10.0 Å². The van der Waals surface area contributed by atoms with Crippen LogP contribution in [0.5, 0.6) is 0 Å². The largest absolute Gasteiger partial charge is 0.379 e. The quantitative estimate of drug-likeness (QED) is 0.851. The lowest BCUT2D eigenvalue weighted by Gasteiger charge is -2.33. The third-order valence-electron chi connectivity index (χ3n) is 5.28. The van der Waals surface area contributed by atoms with Gasteiger partial charge in [-0.1, -0.05) is 47.3 Å². The number of nitrogens with two attached hydrogens (primary N) is 1. The summed E-state index contributed by atoms with van der Waals surface area (Å²) in [5, 5.41) is 5.40. The van der Waals surface area contributed by atoms with Crippen molar-refractivity contribution in [3.8, 4) is 0 Å². The SMILES string of the molecule is NC1(c2noc(C(c3ccc(Cl)cc3Cl)N3CCOCC3)n2)CCCC1. The molecule has 1 aromatic heterocycles. The lowest BCUT2D eigenvalue weighted by atomic mass is 9.98. The van der Waals surface area contributed by atoms with Crippen LogP contribution >= 0.6 is 23.2 Å². The summed E-state index contributed by atoms with van der Waals surface area (Å²) < 4.78 is 11.2. The van der Waals surface area contributed by atoms with Gasteiger partial charge in [0.1, 0.15) is 6.04 Å². The van der Waals surface area contributed by atoms with E-state index in [1.165, 1.54) is 0 Å². The zero-order chi connectivity index (χ0) is 18.1. The molecule has 1 aliphatic heterocycles. The molecular weight excluding hydrogens is 375 g/mol. The Balaban J connectivity index is 1.72. The van der Waals surface area contributed by atoms with Crippen molar-refractivity contribution in [2.75, 3.05) is 26.3 Å². The van der Waals surface area contributed by atoms with Gasteiger partial charge in [0.2, 0.25) is 5.89 Å². The van der Waals surface area contributed by atoms with Crippen molar-refractivity contribution in [3.63, 3.8) is 0 Å². The second kappa shape index (κ2) is 7.44. The second-order valence-electron chi connectivity index (χ2n) is 7.04. The second-order valence-corrected chi connectivity index (χ2v) is 7.88. The normalized spacial score (nSPS) is 21.8. The van der Waals surface area contributed by atoms with E-state index in [0.717, 1.165) is 44.3 Å². The molecule has 8 heteroatoms. The van der Waals surface area contributed by atoms with E-state index in [1.807, 2.05) is 12.1 Å². The predicted octanol–water partition coefficient (Wildman–Crippen LogP) is 3.53. The van der Waals surface area contributed by atoms with Gasteiger partial charge in [-0.3, -0.25) is 4.90 Å². The number of halogens is 2. The standard InChI is InChI=1S/C18H22Cl2N4O2/c19-12-3-4-13(14(20)11-12)15(24-7-9-25-10-8-24)16-22-17(23-26-16)18(21)5-1-2-6-18/h3-4,11,15H,1-2,5-10,21H2. The van der Waals surface area contributed by atoms with E-state index >= 15 is 0 Å². The molecule has 1 saturated carbocycles. The van der Waals surface area contributed by atoms with Crippen LogP contribution in [0.3, 0.4) is 0 Å². The Labute approximate surface area is 162 Å². The molecule has 2 aliphatic rings. The molecule has 0 radical (unpaired) electrons. The number of hydrogen-bond donors (Lipinski definition) is 1. The first-order valence-corrected chi connectivity index (χ1v) is 9.72. The van der Waals surface area contributed by atoms with Crippen LogP contribution in [-0.4, -0.2) is 41.3 Å². The van der Waals surface area contributed by atoms with E-state index in [2.05, 4.69) is 10.1 Å². The molecule has 6 nitrogen and oxygen atoms in total. The third kappa shape index (κ3) is 3.49. The van der Waals surface area contributed by atoms with E-state index in [0.29, 0.717) is 35.0 Å². The molecule has 1 aliphatic carbocycles. The summed E-state index contributed by atoms with van der Waals surface area (Å²) >= 11 is 12.6. The third-order valence-corrected chi connectivity index (χ3v) is 5.85.